The minimum atomic E-state index is -0.463. The van der Waals surface area contributed by atoms with Crippen molar-refractivity contribution in [3.63, 3.8) is 0 Å². The molecule has 1 aromatic rings. The average molecular weight is 336 g/mol. The van der Waals surface area contributed by atoms with E-state index in [2.05, 4.69) is 10.00 Å². The van der Waals surface area contributed by atoms with Crippen molar-refractivity contribution in [2.45, 2.75) is 39.7 Å². The molecule has 0 unspecified atom stereocenters. The third kappa shape index (κ3) is 5.33. The van der Waals surface area contributed by atoms with Gasteiger partial charge in [0.15, 0.2) is 0 Å². The molecule has 0 bridgehead atoms. The van der Waals surface area contributed by atoms with Crippen LogP contribution in [0.4, 0.5) is 0 Å². The zero-order valence-corrected chi connectivity index (χ0v) is 15.0. The highest BCUT2D eigenvalue weighted by molar-refractivity contribution is 5.94. The third-order valence-electron chi connectivity index (χ3n) is 4.29. The molecule has 0 saturated carbocycles. The monoisotopic (exact) mass is 336 g/mol. The molecule has 0 N–H and O–H groups in total. The van der Waals surface area contributed by atoms with Gasteiger partial charge >= 0.3 is 5.97 Å². The Labute approximate surface area is 143 Å². The summed E-state index contributed by atoms with van der Waals surface area (Å²) in [6.45, 7) is 8.05. The van der Waals surface area contributed by atoms with E-state index in [4.69, 9.17) is 4.74 Å². The summed E-state index contributed by atoms with van der Waals surface area (Å²) in [5, 5.41) is 4.33. The van der Waals surface area contributed by atoms with E-state index in [0.717, 1.165) is 31.0 Å². The summed E-state index contributed by atoms with van der Waals surface area (Å²) in [5.74, 6) is -0.652. The van der Waals surface area contributed by atoms with Crippen LogP contribution in [0.2, 0.25) is 0 Å². The van der Waals surface area contributed by atoms with Gasteiger partial charge in [-0.25, -0.2) is 0 Å². The van der Waals surface area contributed by atoms with Gasteiger partial charge in [-0.15, -0.1) is 0 Å². The first-order valence-corrected chi connectivity index (χ1v) is 8.65. The van der Waals surface area contributed by atoms with Crippen molar-refractivity contribution in [1.82, 2.24) is 19.6 Å². The molecular weight excluding hydrogens is 308 g/mol. The van der Waals surface area contributed by atoms with Crippen LogP contribution in [0.3, 0.4) is 0 Å². The number of likely N-dealkylation sites (tertiary alicyclic amines) is 1. The first kappa shape index (κ1) is 18.4. The smallest absolute Gasteiger partial charge is 0.315 e. The van der Waals surface area contributed by atoms with Crippen molar-refractivity contribution in [3.05, 3.63) is 17.5 Å². The number of ether oxygens (including phenoxy) is 1. The highest BCUT2D eigenvalue weighted by atomic mass is 16.5. The molecule has 7 heteroatoms. The van der Waals surface area contributed by atoms with Gasteiger partial charge in [-0.1, -0.05) is 0 Å². The molecule has 2 rings (SSSR count). The summed E-state index contributed by atoms with van der Waals surface area (Å²) in [4.78, 5) is 28.3. The predicted octanol–water partition coefficient (Wildman–Crippen LogP) is 1.11. The molecule has 0 aliphatic carbocycles. The molecule has 0 spiro atoms. The molecule has 24 heavy (non-hydrogen) atoms. The lowest BCUT2D eigenvalue weighted by molar-refractivity contribution is -0.149. The fourth-order valence-corrected chi connectivity index (χ4v) is 3.02. The van der Waals surface area contributed by atoms with Gasteiger partial charge in [-0.2, -0.15) is 5.10 Å². The topological polar surface area (TPSA) is 67.7 Å². The van der Waals surface area contributed by atoms with Crippen molar-refractivity contribution < 1.29 is 14.3 Å². The number of hydrogen-bond donors (Lipinski definition) is 0. The maximum atomic E-state index is 12.5. The fraction of sp³-hybridized carbons (Fsp3) is 0.706. The second-order valence-corrected chi connectivity index (χ2v) is 6.25. The molecule has 1 aromatic heterocycles. The highest BCUT2D eigenvalue weighted by Gasteiger charge is 2.21. The highest BCUT2D eigenvalue weighted by Crippen LogP contribution is 2.11. The van der Waals surface area contributed by atoms with Crippen molar-refractivity contribution >= 4 is 11.9 Å². The van der Waals surface area contributed by atoms with Crippen LogP contribution in [-0.2, 0) is 27.9 Å². The van der Waals surface area contributed by atoms with Crippen molar-refractivity contribution in [3.8, 4) is 0 Å². The lowest BCUT2D eigenvalue weighted by Crippen LogP contribution is -2.39. The number of amides is 1. The number of hydrogen-bond acceptors (Lipinski definition) is 5. The number of carbonyl (C=O) groups excluding carboxylic acids is 2. The Morgan fingerprint density at radius 2 is 2.04 bits per heavy atom. The van der Waals surface area contributed by atoms with E-state index >= 15 is 0 Å². The Morgan fingerprint density at radius 1 is 1.33 bits per heavy atom. The molecular formula is C17H28N4O3. The fourth-order valence-electron chi connectivity index (χ4n) is 3.02. The Kier molecular flexibility index (Phi) is 6.78. The van der Waals surface area contributed by atoms with Gasteiger partial charge in [-0.3, -0.25) is 14.3 Å². The molecule has 0 radical (unpaired) electrons. The predicted molar refractivity (Wildman–Crippen MR) is 90.3 cm³/mol. The van der Waals surface area contributed by atoms with E-state index in [1.165, 1.54) is 12.8 Å². The zero-order valence-electron chi connectivity index (χ0n) is 15.0. The lowest BCUT2D eigenvalue weighted by atomic mass is 10.3. The number of nitrogens with zero attached hydrogens (tertiary/aromatic N) is 4. The number of rotatable bonds is 8. The molecule has 1 aliphatic heterocycles. The van der Waals surface area contributed by atoms with E-state index in [1.54, 1.807) is 16.5 Å². The maximum Gasteiger partial charge on any atom is 0.315 e. The second kappa shape index (κ2) is 8.82. The van der Waals surface area contributed by atoms with E-state index < -0.39 is 5.97 Å². The van der Waals surface area contributed by atoms with Crippen LogP contribution < -0.4 is 0 Å². The molecule has 1 saturated heterocycles. The number of aryl methyl sites for hydroxylation is 2. The second-order valence-electron chi connectivity index (χ2n) is 6.25. The van der Waals surface area contributed by atoms with Gasteiger partial charge < -0.3 is 14.5 Å². The van der Waals surface area contributed by atoms with Crippen LogP contribution in [0, 0.1) is 6.92 Å². The average Bonchev–Trinajstić information content (AvgIpc) is 3.13. The third-order valence-corrected chi connectivity index (χ3v) is 4.29. The normalized spacial score (nSPS) is 14.8. The quantitative estimate of drug-likeness (QED) is 0.525. The van der Waals surface area contributed by atoms with Crippen LogP contribution in [0.25, 0.3) is 0 Å². The van der Waals surface area contributed by atoms with Crippen molar-refractivity contribution in [2.24, 2.45) is 7.05 Å². The first-order valence-electron chi connectivity index (χ1n) is 8.65. The van der Waals surface area contributed by atoms with Gasteiger partial charge in [0.05, 0.1) is 24.5 Å². The van der Waals surface area contributed by atoms with Crippen LogP contribution in [0.15, 0.2) is 6.07 Å². The number of carbonyl (C=O) groups is 2. The summed E-state index contributed by atoms with van der Waals surface area (Å²) in [6, 6.07) is 1.97. The van der Waals surface area contributed by atoms with Gasteiger partial charge in [-0.05, 0) is 45.8 Å². The van der Waals surface area contributed by atoms with Crippen LogP contribution in [0.5, 0.6) is 0 Å². The molecule has 1 fully saturated rings. The van der Waals surface area contributed by atoms with Gasteiger partial charge in [0.2, 0.25) is 5.91 Å². The van der Waals surface area contributed by atoms with Crippen LogP contribution in [-0.4, -0.2) is 64.2 Å². The number of esters is 1. The lowest BCUT2D eigenvalue weighted by Gasteiger charge is -2.25. The van der Waals surface area contributed by atoms with Gasteiger partial charge in [0.1, 0.15) is 6.42 Å². The molecule has 0 aromatic carbocycles. The summed E-state index contributed by atoms with van der Waals surface area (Å²) in [6.07, 6.45) is 2.24. The van der Waals surface area contributed by atoms with Crippen molar-refractivity contribution in [1.29, 1.82) is 0 Å². The molecule has 0 atom stereocenters. The standard InChI is InChI=1S/C17H28N4O3/c1-4-24-17(23)12-16(22)21(10-9-20-7-5-6-8-20)13-15-11-14(2)18-19(15)3/h11H,4-10,12-13H2,1-3H3. The van der Waals surface area contributed by atoms with Crippen LogP contribution in [0.1, 0.15) is 37.6 Å². The van der Waals surface area contributed by atoms with E-state index in [0.29, 0.717) is 19.7 Å². The van der Waals surface area contributed by atoms with Crippen LogP contribution >= 0.6 is 0 Å². The summed E-state index contributed by atoms with van der Waals surface area (Å²) in [5.41, 5.74) is 1.89. The zero-order chi connectivity index (χ0) is 17.5. The summed E-state index contributed by atoms with van der Waals surface area (Å²) >= 11 is 0. The van der Waals surface area contributed by atoms with E-state index in [1.807, 2.05) is 20.0 Å². The Balaban J connectivity index is 2.00. The number of aromatic nitrogens is 2. The minimum Gasteiger partial charge on any atom is -0.466 e. The van der Waals surface area contributed by atoms with Gasteiger partial charge in [0.25, 0.3) is 0 Å². The summed E-state index contributed by atoms with van der Waals surface area (Å²) < 4.78 is 6.69. The molecule has 134 valence electrons. The Hall–Kier alpha value is -1.89. The van der Waals surface area contributed by atoms with E-state index in [-0.39, 0.29) is 12.3 Å². The first-order chi connectivity index (χ1) is 11.5. The minimum absolute atomic E-state index is 0.188. The Bertz CT molecular complexity index is 564. The van der Waals surface area contributed by atoms with Gasteiger partial charge in [0, 0.05) is 20.1 Å². The molecule has 1 amide bonds. The summed E-state index contributed by atoms with van der Waals surface area (Å²) in [7, 11) is 1.87. The van der Waals surface area contributed by atoms with Crippen molar-refractivity contribution in [2.75, 3.05) is 32.8 Å². The molecule has 2 heterocycles. The largest absolute Gasteiger partial charge is 0.466 e. The maximum absolute atomic E-state index is 12.5. The molecule has 7 nitrogen and oxygen atoms in total. The van der Waals surface area contributed by atoms with E-state index in [9.17, 15) is 9.59 Å². The Morgan fingerprint density at radius 3 is 2.62 bits per heavy atom. The SMILES string of the molecule is CCOC(=O)CC(=O)N(CCN1CCCC1)Cc1cc(C)nn1C. The molecule has 1 aliphatic rings.